The second-order valence-corrected chi connectivity index (χ2v) is 9.55. The molecule has 0 amide bonds. The van der Waals surface area contributed by atoms with Crippen LogP contribution in [0.15, 0.2) is 95.2 Å². The van der Waals surface area contributed by atoms with Gasteiger partial charge in [0, 0.05) is 5.56 Å². The molecule has 0 saturated carbocycles. The zero-order valence-electron chi connectivity index (χ0n) is 17.3. The third-order valence-electron chi connectivity index (χ3n) is 5.75. The van der Waals surface area contributed by atoms with E-state index in [0.717, 1.165) is 5.56 Å². The Hall–Kier alpha value is -4.22. The fourth-order valence-electron chi connectivity index (χ4n) is 4.23. The highest BCUT2D eigenvalue weighted by molar-refractivity contribution is 7.96. The van der Waals surface area contributed by atoms with Gasteiger partial charge in [0.15, 0.2) is 5.76 Å². The van der Waals surface area contributed by atoms with Gasteiger partial charge in [-0.15, -0.1) is 0 Å². The Morgan fingerprint density at radius 1 is 1.00 bits per heavy atom. The van der Waals surface area contributed by atoms with E-state index < -0.39 is 15.9 Å². The number of hydrogen-bond donors (Lipinski definition) is 2. The molecule has 1 unspecified atom stereocenters. The zero-order chi connectivity index (χ0) is 23.2. The first-order chi connectivity index (χ1) is 15.9. The lowest BCUT2D eigenvalue weighted by Crippen LogP contribution is -2.39. The van der Waals surface area contributed by atoms with Crippen molar-refractivity contribution in [3.63, 3.8) is 0 Å². The average Bonchev–Trinajstić information content (AvgIpc) is 2.82. The lowest BCUT2D eigenvalue weighted by atomic mass is 9.88. The number of fused-ring (bicyclic) bond motifs is 2. The molecule has 2 heterocycles. The van der Waals surface area contributed by atoms with Gasteiger partial charge in [-0.05, 0) is 35.4 Å². The summed E-state index contributed by atoms with van der Waals surface area (Å²) < 4.78 is 35.3. The van der Waals surface area contributed by atoms with Crippen molar-refractivity contribution in [2.24, 2.45) is 5.73 Å². The molecular weight excluding hydrogens is 438 g/mol. The quantitative estimate of drug-likeness (QED) is 0.616. The van der Waals surface area contributed by atoms with Crippen molar-refractivity contribution >= 4 is 21.5 Å². The minimum absolute atomic E-state index is 0.00190. The van der Waals surface area contributed by atoms with Gasteiger partial charge in [-0.2, -0.15) is 5.26 Å². The molecule has 164 valence electrons. The standard InChI is InChI=1S/C25H19N3O4S/c26-14-20-22(17-10-12-18(29)13-11-17)24-23(32-25(20)27)19-8-4-5-9-21(19)28(33(24,30)31)15-16-6-2-1-3-7-16/h1-13,22,29H,15,27H2. The van der Waals surface area contributed by atoms with Crippen LogP contribution in [0.25, 0.3) is 5.76 Å². The molecule has 0 aliphatic carbocycles. The molecule has 2 aliphatic heterocycles. The number of nitriles is 1. The SMILES string of the molecule is N#CC1=C(N)OC2=C(C1c1ccc(O)cc1)S(=O)(=O)N(Cc1ccccc1)c1ccccc12. The smallest absolute Gasteiger partial charge is 0.265 e. The molecule has 0 radical (unpaired) electrons. The van der Waals surface area contributed by atoms with Gasteiger partial charge in [0.2, 0.25) is 5.88 Å². The van der Waals surface area contributed by atoms with E-state index in [9.17, 15) is 18.8 Å². The number of hydrogen-bond acceptors (Lipinski definition) is 6. The van der Waals surface area contributed by atoms with Crippen molar-refractivity contribution in [3.8, 4) is 11.8 Å². The van der Waals surface area contributed by atoms with Gasteiger partial charge in [-0.1, -0.05) is 54.6 Å². The summed E-state index contributed by atoms with van der Waals surface area (Å²) in [6.45, 7) is 0.111. The van der Waals surface area contributed by atoms with Crippen molar-refractivity contribution in [3.05, 3.63) is 112 Å². The minimum Gasteiger partial charge on any atom is -0.508 e. The molecule has 0 spiro atoms. The number of aromatic hydroxyl groups is 1. The second kappa shape index (κ2) is 7.73. The fraction of sp³-hybridized carbons (Fsp3) is 0.0800. The van der Waals surface area contributed by atoms with Crippen LogP contribution < -0.4 is 10.0 Å². The Morgan fingerprint density at radius 2 is 1.67 bits per heavy atom. The Balaban J connectivity index is 1.77. The second-order valence-electron chi connectivity index (χ2n) is 7.72. The predicted octanol–water partition coefficient (Wildman–Crippen LogP) is 3.92. The number of nitrogens with zero attached hydrogens (tertiary/aromatic N) is 2. The van der Waals surface area contributed by atoms with Crippen molar-refractivity contribution in [2.45, 2.75) is 12.5 Å². The van der Waals surface area contributed by atoms with E-state index in [1.165, 1.54) is 16.4 Å². The Bertz CT molecular complexity index is 1450. The topological polar surface area (TPSA) is 117 Å². The van der Waals surface area contributed by atoms with Gasteiger partial charge in [0.05, 0.1) is 18.2 Å². The summed E-state index contributed by atoms with van der Waals surface area (Å²) in [5, 5.41) is 19.6. The van der Waals surface area contributed by atoms with E-state index in [4.69, 9.17) is 10.5 Å². The molecule has 0 aromatic heterocycles. The number of phenolic OH excluding ortho intramolecular Hbond substituents is 1. The van der Waals surface area contributed by atoms with Crippen LogP contribution in [0.2, 0.25) is 0 Å². The average molecular weight is 458 g/mol. The van der Waals surface area contributed by atoms with Crippen molar-refractivity contribution < 1.29 is 18.3 Å². The normalized spacial score (nSPS) is 18.8. The summed E-state index contributed by atoms with van der Waals surface area (Å²) in [5.41, 5.74) is 8.46. The summed E-state index contributed by atoms with van der Waals surface area (Å²) in [7, 11) is -4.13. The maximum absolute atomic E-state index is 14.1. The van der Waals surface area contributed by atoms with Crippen LogP contribution in [0.5, 0.6) is 5.75 Å². The molecule has 3 aromatic rings. The first-order valence-corrected chi connectivity index (χ1v) is 11.6. The molecule has 1 atom stereocenters. The van der Waals surface area contributed by atoms with Crippen LogP contribution in [0.3, 0.4) is 0 Å². The largest absolute Gasteiger partial charge is 0.508 e. The van der Waals surface area contributed by atoms with Gasteiger partial charge in [-0.25, -0.2) is 8.42 Å². The van der Waals surface area contributed by atoms with Gasteiger partial charge in [-0.3, -0.25) is 4.31 Å². The van der Waals surface area contributed by atoms with Crippen LogP contribution in [0.1, 0.15) is 22.6 Å². The molecular formula is C25H19N3O4S. The third kappa shape index (κ3) is 3.30. The van der Waals surface area contributed by atoms with E-state index >= 15 is 0 Å². The van der Waals surface area contributed by atoms with Crippen LogP contribution in [-0.2, 0) is 21.3 Å². The maximum atomic E-state index is 14.1. The highest BCUT2D eigenvalue weighted by Gasteiger charge is 2.47. The monoisotopic (exact) mass is 457 g/mol. The Kier molecular flexibility index (Phi) is 4.84. The number of nitrogens with two attached hydrogens (primary N) is 1. The summed E-state index contributed by atoms with van der Waals surface area (Å²) in [4.78, 5) is -0.0476. The number of para-hydroxylation sites is 1. The zero-order valence-corrected chi connectivity index (χ0v) is 18.2. The van der Waals surface area contributed by atoms with Crippen LogP contribution in [0, 0.1) is 11.3 Å². The summed E-state index contributed by atoms with van der Waals surface area (Å²) in [5.74, 6) is -0.977. The minimum atomic E-state index is -4.13. The summed E-state index contributed by atoms with van der Waals surface area (Å²) in [6.07, 6.45) is 0. The number of rotatable bonds is 3. The number of allylic oxidation sites excluding steroid dienone is 2. The molecule has 0 fully saturated rings. The van der Waals surface area contributed by atoms with Crippen molar-refractivity contribution in [1.29, 1.82) is 5.26 Å². The molecule has 3 aromatic carbocycles. The molecule has 3 N–H and O–H groups in total. The number of benzene rings is 3. The molecule has 5 rings (SSSR count). The number of phenols is 1. The maximum Gasteiger partial charge on any atom is 0.265 e. The summed E-state index contributed by atoms with van der Waals surface area (Å²) >= 11 is 0. The van der Waals surface area contributed by atoms with Crippen LogP contribution >= 0.6 is 0 Å². The first-order valence-electron chi connectivity index (χ1n) is 10.2. The molecule has 7 nitrogen and oxygen atoms in total. The Labute approximate surface area is 191 Å². The highest BCUT2D eigenvalue weighted by atomic mass is 32.2. The molecule has 0 bridgehead atoms. The van der Waals surface area contributed by atoms with E-state index in [1.54, 1.807) is 36.4 Å². The summed E-state index contributed by atoms with van der Waals surface area (Å²) in [6, 6.07) is 24.4. The molecule has 33 heavy (non-hydrogen) atoms. The fourth-order valence-corrected chi connectivity index (χ4v) is 6.14. The van der Waals surface area contributed by atoms with E-state index in [0.29, 0.717) is 16.8 Å². The van der Waals surface area contributed by atoms with Crippen LogP contribution in [-0.4, -0.2) is 13.5 Å². The van der Waals surface area contributed by atoms with E-state index in [2.05, 4.69) is 0 Å². The lowest BCUT2D eigenvalue weighted by Gasteiger charge is -2.38. The number of ether oxygens (including phenoxy) is 1. The Morgan fingerprint density at radius 3 is 2.36 bits per heavy atom. The highest BCUT2D eigenvalue weighted by Crippen LogP contribution is 2.51. The molecule has 2 aliphatic rings. The van der Waals surface area contributed by atoms with Crippen molar-refractivity contribution in [1.82, 2.24) is 0 Å². The number of sulfonamides is 1. The van der Waals surface area contributed by atoms with Gasteiger partial charge < -0.3 is 15.6 Å². The predicted molar refractivity (Wildman–Crippen MR) is 124 cm³/mol. The molecule has 0 saturated heterocycles. The van der Waals surface area contributed by atoms with Gasteiger partial charge in [0.25, 0.3) is 10.0 Å². The lowest BCUT2D eigenvalue weighted by molar-refractivity contribution is 0.357. The van der Waals surface area contributed by atoms with E-state index in [1.807, 2.05) is 36.4 Å². The van der Waals surface area contributed by atoms with Crippen LogP contribution in [0.4, 0.5) is 5.69 Å². The third-order valence-corrected chi connectivity index (χ3v) is 7.64. The van der Waals surface area contributed by atoms with E-state index in [-0.39, 0.29) is 34.4 Å². The molecule has 8 heteroatoms. The van der Waals surface area contributed by atoms with Gasteiger partial charge in [0.1, 0.15) is 22.3 Å². The number of anilines is 1. The van der Waals surface area contributed by atoms with Crippen molar-refractivity contribution in [2.75, 3.05) is 4.31 Å². The first kappa shape index (κ1) is 20.7. The van der Waals surface area contributed by atoms with Gasteiger partial charge >= 0.3 is 0 Å².